The zero-order valence-electron chi connectivity index (χ0n) is 8.04. The van der Waals surface area contributed by atoms with Crippen molar-refractivity contribution >= 4 is 17.2 Å². The standard InChI is InChI=1S/C8H9N5OS/c1-9-7(14)4-13-11-8(10-12-13)6-2-3-15-5-6/h2-3,5H,4H2,1H3,(H,9,14). The van der Waals surface area contributed by atoms with E-state index in [-0.39, 0.29) is 12.5 Å². The number of likely N-dealkylation sites (N-methyl/N-ethyl adjacent to an activating group) is 1. The van der Waals surface area contributed by atoms with Gasteiger partial charge in [-0.15, -0.1) is 10.2 Å². The Kier molecular flexibility index (Phi) is 2.72. The second-order valence-electron chi connectivity index (χ2n) is 2.83. The Morgan fingerprint density at radius 3 is 3.20 bits per heavy atom. The van der Waals surface area contributed by atoms with Crippen LogP contribution in [0.2, 0.25) is 0 Å². The van der Waals surface area contributed by atoms with E-state index in [1.54, 1.807) is 18.4 Å². The molecular formula is C8H9N5OS. The smallest absolute Gasteiger partial charge is 0.243 e. The molecule has 0 radical (unpaired) electrons. The van der Waals surface area contributed by atoms with Crippen molar-refractivity contribution in [3.05, 3.63) is 16.8 Å². The first kappa shape index (κ1) is 9.78. The largest absolute Gasteiger partial charge is 0.358 e. The molecule has 0 atom stereocenters. The van der Waals surface area contributed by atoms with Gasteiger partial charge in [0.05, 0.1) is 0 Å². The Morgan fingerprint density at radius 1 is 1.67 bits per heavy atom. The van der Waals surface area contributed by atoms with Gasteiger partial charge in [-0.3, -0.25) is 4.79 Å². The minimum atomic E-state index is -0.149. The number of rotatable bonds is 3. The fraction of sp³-hybridized carbons (Fsp3) is 0.250. The van der Waals surface area contributed by atoms with Crippen LogP contribution in [0.5, 0.6) is 0 Å². The van der Waals surface area contributed by atoms with E-state index in [1.165, 1.54) is 4.80 Å². The molecule has 6 nitrogen and oxygen atoms in total. The molecule has 2 rings (SSSR count). The van der Waals surface area contributed by atoms with Crippen LogP contribution in [0.1, 0.15) is 0 Å². The number of carbonyl (C=O) groups is 1. The van der Waals surface area contributed by atoms with Crippen LogP contribution in [0.25, 0.3) is 11.4 Å². The van der Waals surface area contributed by atoms with E-state index in [0.29, 0.717) is 5.82 Å². The summed E-state index contributed by atoms with van der Waals surface area (Å²) in [5.41, 5.74) is 0.920. The van der Waals surface area contributed by atoms with Gasteiger partial charge in [-0.2, -0.15) is 16.1 Å². The average molecular weight is 223 g/mol. The molecule has 0 aromatic carbocycles. The molecule has 0 aliphatic heterocycles. The van der Waals surface area contributed by atoms with Crippen LogP contribution in [0.3, 0.4) is 0 Å². The molecule has 0 saturated carbocycles. The maximum atomic E-state index is 11.0. The molecule has 0 aliphatic carbocycles. The van der Waals surface area contributed by atoms with Gasteiger partial charge < -0.3 is 5.32 Å². The lowest BCUT2D eigenvalue weighted by atomic mass is 10.3. The first-order valence-corrected chi connectivity index (χ1v) is 5.25. The summed E-state index contributed by atoms with van der Waals surface area (Å²) in [6.07, 6.45) is 0. The van der Waals surface area contributed by atoms with E-state index in [9.17, 15) is 4.79 Å². The Hall–Kier alpha value is -1.76. The van der Waals surface area contributed by atoms with Gasteiger partial charge in [0.25, 0.3) is 0 Å². The highest BCUT2D eigenvalue weighted by Gasteiger charge is 2.07. The van der Waals surface area contributed by atoms with Gasteiger partial charge in [-0.1, -0.05) is 0 Å². The fourth-order valence-electron chi connectivity index (χ4n) is 1.02. The van der Waals surface area contributed by atoms with Gasteiger partial charge in [0, 0.05) is 18.0 Å². The Bertz CT molecular complexity index is 449. The number of amides is 1. The van der Waals surface area contributed by atoms with Crippen molar-refractivity contribution in [1.82, 2.24) is 25.5 Å². The van der Waals surface area contributed by atoms with Crippen molar-refractivity contribution < 1.29 is 4.79 Å². The molecule has 0 unspecified atom stereocenters. The van der Waals surface area contributed by atoms with Gasteiger partial charge in [0.15, 0.2) is 0 Å². The molecule has 2 aromatic rings. The SMILES string of the molecule is CNC(=O)Cn1nnc(-c2ccsc2)n1. The zero-order valence-corrected chi connectivity index (χ0v) is 8.86. The van der Waals surface area contributed by atoms with Gasteiger partial charge in [-0.05, 0) is 16.7 Å². The highest BCUT2D eigenvalue weighted by atomic mass is 32.1. The number of tetrazole rings is 1. The lowest BCUT2D eigenvalue weighted by Gasteiger charge is -1.95. The molecule has 0 saturated heterocycles. The van der Waals surface area contributed by atoms with Crippen LogP contribution in [0.4, 0.5) is 0 Å². The predicted molar refractivity (Wildman–Crippen MR) is 55.2 cm³/mol. The minimum Gasteiger partial charge on any atom is -0.358 e. The number of thiophene rings is 1. The molecule has 1 N–H and O–H groups in total. The van der Waals surface area contributed by atoms with E-state index in [1.807, 2.05) is 16.8 Å². The summed E-state index contributed by atoms with van der Waals surface area (Å²) in [6.45, 7) is 0.0909. The highest BCUT2D eigenvalue weighted by Crippen LogP contribution is 2.16. The monoisotopic (exact) mass is 223 g/mol. The van der Waals surface area contributed by atoms with Crippen LogP contribution in [0, 0.1) is 0 Å². The summed E-state index contributed by atoms with van der Waals surface area (Å²) >= 11 is 1.57. The summed E-state index contributed by atoms with van der Waals surface area (Å²) in [4.78, 5) is 12.3. The molecule has 7 heteroatoms. The lowest BCUT2D eigenvalue weighted by molar-refractivity contribution is -0.121. The normalized spacial score (nSPS) is 10.2. The zero-order chi connectivity index (χ0) is 10.7. The van der Waals surface area contributed by atoms with Crippen LogP contribution < -0.4 is 5.32 Å². The second kappa shape index (κ2) is 4.18. The Morgan fingerprint density at radius 2 is 2.53 bits per heavy atom. The van der Waals surface area contributed by atoms with E-state index in [0.717, 1.165) is 5.56 Å². The maximum absolute atomic E-state index is 11.0. The van der Waals surface area contributed by atoms with E-state index in [2.05, 4.69) is 20.7 Å². The molecule has 0 fully saturated rings. The molecule has 0 spiro atoms. The Balaban J connectivity index is 2.14. The van der Waals surface area contributed by atoms with Crippen molar-refractivity contribution in [3.8, 4) is 11.4 Å². The molecular weight excluding hydrogens is 214 g/mol. The average Bonchev–Trinajstić information content (AvgIpc) is 2.85. The van der Waals surface area contributed by atoms with Gasteiger partial charge >= 0.3 is 0 Å². The number of nitrogens with zero attached hydrogens (tertiary/aromatic N) is 4. The predicted octanol–water partition coefficient (Wildman–Crippen LogP) is 0.148. The van der Waals surface area contributed by atoms with Gasteiger partial charge in [-0.25, -0.2) is 0 Å². The number of hydrogen-bond donors (Lipinski definition) is 1. The fourth-order valence-corrected chi connectivity index (χ4v) is 1.66. The van der Waals surface area contributed by atoms with Gasteiger partial charge in [0.1, 0.15) is 6.54 Å². The molecule has 2 aromatic heterocycles. The van der Waals surface area contributed by atoms with Crippen LogP contribution >= 0.6 is 11.3 Å². The molecule has 15 heavy (non-hydrogen) atoms. The second-order valence-corrected chi connectivity index (χ2v) is 3.61. The third-order valence-electron chi connectivity index (χ3n) is 1.80. The topological polar surface area (TPSA) is 72.7 Å². The number of carbonyl (C=O) groups excluding carboxylic acids is 1. The molecule has 1 amide bonds. The quantitative estimate of drug-likeness (QED) is 0.803. The highest BCUT2D eigenvalue weighted by molar-refractivity contribution is 7.08. The summed E-state index contributed by atoms with van der Waals surface area (Å²) in [6, 6.07) is 1.91. The first-order chi connectivity index (χ1) is 7.29. The van der Waals surface area contributed by atoms with Crippen LogP contribution in [-0.4, -0.2) is 33.2 Å². The van der Waals surface area contributed by atoms with Crippen molar-refractivity contribution in [2.75, 3.05) is 7.05 Å². The van der Waals surface area contributed by atoms with Crippen molar-refractivity contribution in [3.63, 3.8) is 0 Å². The molecule has 0 aliphatic rings. The molecule has 0 bridgehead atoms. The van der Waals surface area contributed by atoms with Crippen LogP contribution in [-0.2, 0) is 11.3 Å². The van der Waals surface area contributed by atoms with E-state index < -0.39 is 0 Å². The minimum absolute atomic E-state index is 0.0909. The summed E-state index contributed by atoms with van der Waals surface area (Å²) < 4.78 is 0. The van der Waals surface area contributed by atoms with Crippen molar-refractivity contribution in [2.24, 2.45) is 0 Å². The Labute approximate surface area is 89.9 Å². The summed E-state index contributed by atoms with van der Waals surface area (Å²) in [5, 5.41) is 18.1. The number of aromatic nitrogens is 4. The number of nitrogens with one attached hydrogen (secondary N) is 1. The third kappa shape index (κ3) is 2.18. The van der Waals surface area contributed by atoms with Crippen molar-refractivity contribution in [1.29, 1.82) is 0 Å². The third-order valence-corrected chi connectivity index (χ3v) is 2.48. The first-order valence-electron chi connectivity index (χ1n) is 4.30. The summed E-state index contributed by atoms with van der Waals surface area (Å²) in [7, 11) is 1.57. The van der Waals surface area contributed by atoms with Gasteiger partial charge in [0.2, 0.25) is 11.7 Å². The maximum Gasteiger partial charge on any atom is 0.243 e. The van der Waals surface area contributed by atoms with Crippen LogP contribution in [0.15, 0.2) is 16.8 Å². The van der Waals surface area contributed by atoms with Crippen molar-refractivity contribution in [2.45, 2.75) is 6.54 Å². The van der Waals surface area contributed by atoms with E-state index in [4.69, 9.17) is 0 Å². The molecule has 2 heterocycles. The lowest BCUT2D eigenvalue weighted by Crippen LogP contribution is -2.24. The summed E-state index contributed by atoms with van der Waals surface area (Å²) in [5.74, 6) is 0.393. The van der Waals surface area contributed by atoms with E-state index >= 15 is 0 Å². The number of hydrogen-bond acceptors (Lipinski definition) is 5. The molecule has 78 valence electrons.